The summed E-state index contributed by atoms with van der Waals surface area (Å²) in [6, 6.07) is 0.0490. The molecule has 4 fully saturated rings. The van der Waals surface area contributed by atoms with Gasteiger partial charge >= 0.3 is 5.97 Å². The second-order valence-electron chi connectivity index (χ2n) is 19.5. The van der Waals surface area contributed by atoms with Crippen molar-refractivity contribution < 1.29 is 62.0 Å². The molecule has 2 N–H and O–H groups in total. The Hall–Kier alpha value is -2.31. The van der Waals surface area contributed by atoms with E-state index in [1.54, 1.807) is 27.4 Å². The SMILES string of the molecule is CC[C@H](C)[C@H]1O[C@]2(C=C[C@@H]1C)C[C@@H]1C[C@@H](C/C=C(\C)[C@@H](O[C@H]3C[C@H](OC)[C@@H](O[C@H]4C[C@H](OC)[C@H](NC)[C@H](C)O4)[C@H](C)O3)[C@@H](C)/C=C/C=C3\CO[C@@H]4[C@H](OC)C(C)=C[C@@H](C(=O)O1)[C@]34O)O2. The molecule has 7 rings (SSSR count). The average molecular weight is 900 g/mol. The third-order valence-corrected chi connectivity index (χ3v) is 15.1. The largest absolute Gasteiger partial charge is 0.462 e. The predicted octanol–water partition coefficient (Wildman–Crippen LogP) is 6.26. The highest BCUT2D eigenvalue weighted by molar-refractivity contribution is 5.78. The highest BCUT2D eigenvalue weighted by atomic mass is 16.7. The van der Waals surface area contributed by atoms with Crippen LogP contribution in [0.5, 0.6) is 0 Å². The standard InChI is InChI=1S/C50H77NO13/c1-13-27(2)44-30(5)19-20-49(64-44)25-36-22-35(63-49)18-17-29(4)43(28(3)15-14-16-34-26-57-47-45(56-12)31(6)21-37(48(52)60-36)50(34,47)53)61-41-24-39(55-11)46(33(8)59-41)62-40-23-38(54-10)42(51-9)32(7)58-40/h14-17,19-21,27-28,30,32-33,35-47,51,53H,13,18,22-26H2,1-12H3/b15-14+,29-17+,34-16+/t27-,28-,30-,32-,33-,35+,36-,37-,38-,39-,40-,41-,42+,43-,44+,45+,46-,47+,49+,50+/m0/s1. The highest BCUT2D eigenvalue weighted by Crippen LogP contribution is 2.48. The number of carbonyl (C=O) groups excluding carboxylic acids is 1. The Labute approximate surface area is 381 Å². The van der Waals surface area contributed by atoms with Crippen LogP contribution in [0.2, 0.25) is 0 Å². The summed E-state index contributed by atoms with van der Waals surface area (Å²) in [4.78, 5) is 14.5. The van der Waals surface area contributed by atoms with Gasteiger partial charge in [-0.3, -0.25) is 4.79 Å². The zero-order chi connectivity index (χ0) is 46.1. The van der Waals surface area contributed by atoms with Crippen LogP contribution in [0.1, 0.15) is 93.9 Å². The molecule has 0 aromatic carbocycles. The number of fused-ring (bicyclic) bond motifs is 2. The van der Waals surface area contributed by atoms with E-state index in [-0.39, 0.29) is 67.0 Å². The number of rotatable bonds is 10. The van der Waals surface area contributed by atoms with Crippen LogP contribution in [-0.2, 0) is 56.9 Å². The van der Waals surface area contributed by atoms with Crippen LogP contribution in [0, 0.1) is 23.7 Å². The van der Waals surface area contributed by atoms with E-state index < -0.39 is 66.4 Å². The molecule has 6 aliphatic heterocycles. The average Bonchev–Trinajstić information content (AvgIpc) is 3.60. The Morgan fingerprint density at radius 2 is 1.59 bits per heavy atom. The van der Waals surface area contributed by atoms with Gasteiger partial charge in [-0.2, -0.15) is 0 Å². The fourth-order valence-corrected chi connectivity index (χ4v) is 11.3. The third-order valence-electron chi connectivity index (χ3n) is 15.1. The Kier molecular flexibility index (Phi) is 16.2. The first-order chi connectivity index (χ1) is 30.6. The van der Waals surface area contributed by atoms with Crippen molar-refractivity contribution in [3.8, 4) is 0 Å². The normalized spacial score (nSPS) is 48.0. The van der Waals surface area contributed by atoms with Crippen LogP contribution in [0.25, 0.3) is 0 Å². The van der Waals surface area contributed by atoms with Gasteiger partial charge in [0.15, 0.2) is 18.4 Å². The van der Waals surface area contributed by atoms with Gasteiger partial charge in [-0.1, -0.05) is 70.6 Å². The molecule has 0 saturated carbocycles. The molecule has 20 atom stereocenters. The van der Waals surface area contributed by atoms with E-state index >= 15 is 0 Å². The van der Waals surface area contributed by atoms with Crippen molar-refractivity contribution in [2.75, 3.05) is 35.0 Å². The lowest BCUT2D eigenvalue weighted by atomic mass is 9.70. The lowest BCUT2D eigenvalue weighted by molar-refractivity contribution is -0.312. The third kappa shape index (κ3) is 10.1. The van der Waals surface area contributed by atoms with E-state index in [1.165, 1.54) is 0 Å². The smallest absolute Gasteiger partial charge is 0.316 e. The van der Waals surface area contributed by atoms with Crippen molar-refractivity contribution in [2.24, 2.45) is 23.7 Å². The van der Waals surface area contributed by atoms with E-state index in [1.807, 2.05) is 46.0 Å². The van der Waals surface area contributed by atoms with Crippen LogP contribution in [0.3, 0.4) is 0 Å². The summed E-state index contributed by atoms with van der Waals surface area (Å²) in [7, 11) is 6.92. The Morgan fingerprint density at radius 3 is 2.30 bits per heavy atom. The molecule has 0 aromatic rings. The lowest BCUT2D eigenvalue weighted by Crippen LogP contribution is -2.58. The summed E-state index contributed by atoms with van der Waals surface area (Å²) >= 11 is 0. The first-order valence-electron chi connectivity index (χ1n) is 23.8. The molecule has 6 heterocycles. The highest BCUT2D eigenvalue weighted by Gasteiger charge is 2.60. The fourth-order valence-electron chi connectivity index (χ4n) is 11.3. The minimum Gasteiger partial charge on any atom is -0.462 e. The molecule has 64 heavy (non-hydrogen) atoms. The van der Waals surface area contributed by atoms with Crippen LogP contribution in [-0.4, -0.2) is 143 Å². The molecule has 1 spiro atoms. The number of allylic oxidation sites excluding steroid dienone is 2. The second kappa shape index (κ2) is 20.9. The molecule has 0 unspecified atom stereocenters. The molecule has 2 bridgehead atoms. The molecule has 14 nitrogen and oxygen atoms in total. The van der Waals surface area contributed by atoms with Gasteiger partial charge in [0.05, 0.1) is 55.4 Å². The van der Waals surface area contributed by atoms with Crippen molar-refractivity contribution in [3.63, 3.8) is 0 Å². The van der Waals surface area contributed by atoms with Gasteiger partial charge < -0.3 is 62.5 Å². The van der Waals surface area contributed by atoms with Gasteiger partial charge in [0.2, 0.25) is 0 Å². The number of aliphatic hydroxyl groups is 1. The van der Waals surface area contributed by atoms with Gasteiger partial charge in [-0.25, -0.2) is 0 Å². The minimum atomic E-state index is -1.70. The quantitative estimate of drug-likeness (QED) is 0.188. The Balaban J connectivity index is 1.18. The number of methoxy groups -OCH3 is 3. The monoisotopic (exact) mass is 900 g/mol. The summed E-state index contributed by atoms with van der Waals surface area (Å²) < 4.78 is 70.9. The number of likely N-dealkylation sites (N-methyl/N-ethyl adjacent to an activating group) is 1. The van der Waals surface area contributed by atoms with E-state index in [0.717, 1.165) is 17.6 Å². The maximum absolute atomic E-state index is 14.5. The fraction of sp³-hybridized carbons (Fsp3) is 0.780. The molecular formula is C50H77NO13. The topological polar surface area (TPSA) is 151 Å². The zero-order valence-corrected chi connectivity index (χ0v) is 40.2. The lowest BCUT2D eigenvalue weighted by Gasteiger charge is -2.48. The predicted molar refractivity (Wildman–Crippen MR) is 239 cm³/mol. The van der Waals surface area contributed by atoms with E-state index in [9.17, 15) is 9.90 Å². The molecule has 7 aliphatic rings. The molecule has 1 aliphatic carbocycles. The van der Waals surface area contributed by atoms with Crippen molar-refractivity contribution >= 4 is 5.97 Å². The van der Waals surface area contributed by atoms with Crippen LogP contribution < -0.4 is 5.32 Å². The molecular weight excluding hydrogens is 823 g/mol. The summed E-state index contributed by atoms with van der Waals surface area (Å²) in [5, 5.41) is 16.1. The maximum atomic E-state index is 14.5. The summed E-state index contributed by atoms with van der Waals surface area (Å²) in [5.74, 6) is -2.30. The van der Waals surface area contributed by atoms with Gasteiger partial charge in [0.1, 0.15) is 35.9 Å². The molecule has 14 heteroatoms. The second-order valence-corrected chi connectivity index (χ2v) is 19.5. The molecule has 0 radical (unpaired) electrons. The van der Waals surface area contributed by atoms with Gasteiger partial charge in [-0.15, -0.1) is 0 Å². The summed E-state index contributed by atoms with van der Waals surface area (Å²) in [6.45, 7) is 16.8. The van der Waals surface area contributed by atoms with E-state index in [2.05, 4.69) is 58.2 Å². The number of hydrogen-bond acceptors (Lipinski definition) is 14. The summed E-state index contributed by atoms with van der Waals surface area (Å²) in [5.41, 5.74) is 0.672. The first kappa shape index (κ1) is 49.6. The van der Waals surface area contributed by atoms with Crippen molar-refractivity contribution in [3.05, 3.63) is 59.3 Å². The van der Waals surface area contributed by atoms with Crippen LogP contribution in [0.15, 0.2) is 59.3 Å². The van der Waals surface area contributed by atoms with Gasteiger partial charge in [0.25, 0.3) is 0 Å². The van der Waals surface area contributed by atoms with Gasteiger partial charge in [0, 0.05) is 58.8 Å². The Morgan fingerprint density at radius 1 is 0.875 bits per heavy atom. The van der Waals surface area contributed by atoms with Crippen molar-refractivity contribution in [1.29, 1.82) is 0 Å². The van der Waals surface area contributed by atoms with Crippen LogP contribution >= 0.6 is 0 Å². The maximum Gasteiger partial charge on any atom is 0.316 e. The molecule has 4 saturated heterocycles. The van der Waals surface area contributed by atoms with E-state index in [4.69, 9.17) is 52.1 Å². The molecule has 360 valence electrons. The Bertz CT molecular complexity index is 1770. The number of ether oxygens (including phenoxy) is 11. The van der Waals surface area contributed by atoms with Gasteiger partial charge in [-0.05, 0) is 69.9 Å². The van der Waals surface area contributed by atoms with Crippen molar-refractivity contribution in [1.82, 2.24) is 5.32 Å². The van der Waals surface area contributed by atoms with Crippen molar-refractivity contribution in [2.45, 2.75) is 191 Å². The zero-order valence-electron chi connectivity index (χ0n) is 40.2. The number of hydrogen-bond donors (Lipinski definition) is 2. The van der Waals surface area contributed by atoms with Crippen LogP contribution in [0.4, 0.5) is 0 Å². The molecule has 0 amide bonds. The van der Waals surface area contributed by atoms with E-state index in [0.29, 0.717) is 37.7 Å². The number of carbonyl (C=O) groups is 1. The summed E-state index contributed by atoms with van der Waals surface area (Å²) in [6.07, 6.45) is 12.1. The number of esters is 1. The minimum absolute atomic E-state index is 0.0490. The number of nitrogens with one attached hydrogen (secondary N) is 1. The first-order valence-corrected chi connectivity index (χ1v) is 23.8. The molecule has 0 aromatic heterocycles.